The molecular formula is C16H16N2O2. The summed E-state index contributed by atoms with van der Waals surface area (Å²) in [6, 6.07) is 11.1. The maximum Gasteiger partial charge on any atom is 0.257 e. The highest BCUT2D eigenvalue weighted by atomic mass is 16.5. The Kier molecular flexibility index (Phi) is 3.06. The van der Waals surface area contributed by atoms with Gasteiger partial charge in [0.1, 0.15) is 5.75 Å². The molecule has 0 aromatic heterocycles. The molecule has 1 aliphatic heterocycles. The minimum Gasteiger partial charge on any atom is -0.493 e. The van der Waals surface area contributed by atoms with E-state index in [1.54, 1.807) is 12.1 Å². The zero-order valence-corrected chi connectivity index (χ0v) is 11.3. The molecule has 2 aromatic rings. The SMILES string of the molecule is Cc1ccc(N)c(C(=O)Nc2ccc3c(c2)CCO3)c1. The quantitative estimate of drug-likeness (QED) is 0.823. The van der Waals surface area contributed by atoms with Gasteiger partial charge in [-0.1, -0.05) is 11.6 Å². The van der Waals surface area contributed by atoms with Crippen molar-refractivity contribution in [3.63, 3.8) is 0 Å². The van der Waals surface area contributed by atoms with Crippen molar-refractivity contribution < 1.29 is 9.53 Å². The Balaban J connectivity index is 1.84. The Morgan fingerprint density at radius 3 is 2.95 bits per heavy atom. The fourth-order valence-electron chi connectivity index (χ4n) is 2.33. The molecule has 1 aliphatic rings. The van der Waals surface area contributed by atoms with Crippen molar-refractivity contribution in [1.29, 1.82) is 0 Å². The van der Waals surface area contributed by atoms with Crippen LogP contribution in [0.1, 0.15) is 21.5 Å². The third kappa shape index (κ3) is 2.32. The van der Waals surface area contributed by atoms with Crippen LogP contribution in [0.15, 0.2) is 36.4 Å². The third-order valence-corrected chi connectivity index (χ3v) is 3.40. The lowest BCUT2D eigenvalue weighted by Gasteiger charge is -2.09. The molecule has 0 unspecified atom stereocenters. The number of nitrogens with two attached hydrogens (primary N) is 1. The Hall–Kier alpha value is -2.49. The second kappa shape index (κ2) is 4.89. The topological polar surface area (TPSA) is 64.4 Å². The molecule has 4 nitrogen and oxygen atoms in total. The minimum absolute atomic E-state index is 0.190. The van der Waals surface area contributed by atoms with Crippen molar-refractivity contribution in [2.24, 2.45) is 0 Å². The molecule has 2 aromatic carbocycles. The van der Waals surface area contributed by atoms with E-state index in [0.29, 0.717) is 17.9 Å². The lowest BCUT2D eigenvalue weighted by molar-refractivity contribution is 0.102. The number of nitrogen functional groups attached to an aromatic ring is 1. The van der Waals surface area contributed by atoms with E-state index in [9.17, 15) is 4.79 Å². The zero-order chi connectivity index (χ0) is 14.1. The predicted octanol–water partition coefficient (Wildman–Crippen LogP) is 2.76. The molecule has 1 heterocycles. The van der Waals surface area contributed by atoms with E-state index in [1.807, 2.05) is 31.2 Å². The monoisotopic (exact) mass is 268 g/mol. The van der Waals surface area contributed by atoms with E-state index in [0.717, 1.165) is 29.0 Å². The van der Waals surface area contributed by atoms with Gasteiger partial charge in [-0.3, -0.25) is 4.79 Å². The molecule has 0 saturated heterocycles. The van der Waals surface area contributed by atoms with Crippen LogP contribution < -0.4 is 15.8 Å². The molecule has 3 rings (SSSR count). The van der Waals surface area contributed by atoms with Gasteiger partial charge in [0.15, 0.2) is 0 Å². The largest absolute Gasteiger partial charge is 0.493 e. The number of anilines is 2. The fourth-order valence-corrected chi connectivity index (χ4v) is 2.33. The number of fused-ring (bicyclic) bond motifs is 1. The molecule has 20 heavy (non-hydrogen) atoms. The number of carbonyl (C=O) groups excluding carboxylic acids is 1. The standard InChI is InChI=1S/C16H16N2O2/c1-10-2-4-14(17)13(8-10)16(19)18-12-3-5-15-11(9-12)6-7-20-15/h2-5,8-9H,6-7,17H2,1H3,(H,18,19). The van der Waals surface area contributed by atoms with Crippen LogP contribution in [0.5, 0.6) is 5.75 Å². The third-order valence-electron chi connectivity index (χ3n) is 3.40. The molecule has 0 fully saturated rings. The molecular weight excluding hydrogens is 252 g/mol. The van der Waals surface area contributed by atoms with Crippen LogP contribution in [0.3, 0.4) is 0 Å². The summed E-state index contributed by atoms with van der Waals surface area (Å²) in [7, 11) is 0. The van der Waals surface area contributed by atoms with Crippen molar-refractivity contribution in [3.05, 3.63) is 53.1 Å². The van der Waals surface area contributed by atoms with E-state index >= 15 is 0 Å². The van der Waals surface area contributed by atoms with E-state index < -0.39 is 0 Å². The summed E-state index contributed by atoms with van der Waals surface area (Å²) in [6.45, 7) is 2.64. The van der Waals surface area contributed by atoms with Crippen molar-refractivity contribution in [3.8, 4) is 5.75 Å². The Bertz CT molecular complexity index is 680. The van der Waals surface area contributed by atoms with Crippen LogP contribution in [0.25, 0.3) is 0 Å². The van der Waals surface area contributed by atoms with Crippen LogP contribution in [-0.4, -0.2) is 12.5 Å². The molecule has 0 atom stereocenters. The van der Waals surface area contributed by atoms with Gasteiger partial charge in [-0.25, -0.2) is 0 Å². The van der Waals surface area contributed by atoms with Crippen molar-refractivity contribution in [2.75, 3.05) is 17.7 Å². The molecule has 0 saturated carbocycles. The molecule has 0 radical (unpaired) electrons. The summed E-state index contributed by atoms with van der Waals surface area (Å²) < 4.78 is 5.45. The maximum atomic E-state index is 12.3. The molecule has 0 spiro atoms. The molecule has 1 amide bonds. The summed E-state index contributed by atoms with van der Waals surface area (Å²) in [6.07, 6.45) is 0.881. The smallest absolute Gasteiger partial charge is 0.257 e. The molecule has 4 heteroatoms. The first kappa shape index (κ1) is 12.5. The predicted molar refractivity (Wildman–Crippen MR) is 79.2 cm³/mol. The number of carbonyl (C=O) groups is 1. The number of rotatable bonds is 2. The van der Waals surface area contributed by atoms with E-state index in [-0.39, 0.29) is 5.91 Å². The molecule has 3 N–H and O–H groups in total. The molecule has 0 aliphatic carbocycles. The number of hydrogen-bond donors (Lipinski definition) is 2. The Morgan fingerprint density at radius 1 is 1.25 bits per heavy atom. The van der Waals surface area contributed by atoms with Crippen LogP contribution in [-0.2, 0) is 6.42 Å². The zero-order valence-electron chi connectivity index (χ0n) is 11.3. The lowest BCUT2D eigenvalue weighted by Crippen LogP contribution is -2.14. The number of ether oxygens (including phenoxy) is 1. The second-order valence-corrected chi connectivity index (χ2v) is 4.97. The van der Waals surface area contributed by atoms with Gasteiger partial charge in [-0.15, -0.1) is 0 Å². The maximum absolute atomic E-state index is 12.3. The number of nitrogens with one attached hydrogen (secondary N) is 1. The van der Waals surface area contributed by atoms with Gasteiger partial charge in [0, 0.05) is 17.8 Å². The van der Waals surface area contributed by atoms with Crippen molar-refractivity contribution in [1.82, 2.24) is 0 Å². The minimum atomic E-state index is -0.190. The van der Waals surface area contributed by atoms with Crippen LogP contribution in [0.4, 0.5) is 11.4 Å². The van der Waals surface area contributed by atoms with E-state index in [4.69, 9.17) is 10.5 Å². The average molecular weight is 268 g/mol. The number of amides is 1. The van der Waals surface area contributed by atoms with Crippen LogP contribution >= 0.6 is 0 Å². The van der Waals surface area contributed by atoms with Crippen LogP contribution in [0.2, 0.25) is 0 Å². The Labute approximate surface area is 117 Å². The Morgan fingerprint density at radius 2 is 2.10 bits per heavy atom. The highest BCUT2D eigenvalue weighted by Crippen LogP contribution is 2.28. The second-order valence-electron chi connectivity index (χ2n) is 4.97. The number of hydrogen-bond acceptors (Lipinski definition) is 3. The van der Waals surface area contributed by atoms with Gasteiger partial charge in [-0.05, 0) is 42.8 Å². The number of benzene rings is 2. The summed E-state index contributed by atoms with van der Waals surface area (Å²) in [5.74, 6) is 0.711. The summed E-state index contributed by atoms with van der Waals surface area (Å²) in [5.41, 5.74) is 9.73. The molecule has 102 valence electrons. The highest BCUT2D eigenvalue weighted by Gasteiger charge is 2.14. The van der Waals surface area contributed by atoms with Gasteiger partial charge >= 0.3 is 0 Å². The van der Waals surface area contributed by atoms with Crippen molar-refractivity contribution >= 4 is 17.3 Å². The normalized spacial score (nSPS) is 12.7. The van der Waals surface area contributed by atoms with Gasteiger partial charge in [0.05, 0.1) is 12.2 Å². The van der Waals surface area contributed by atoms with Crippen LogP contribution in [0, 0.1) is 6.92 Å². The van der Waals surface area contributed by atoms with Gasteiger partial charge in [0.2, 0.25) is 0 Å². The summed E-state index contributed by atoms with van der Waals surface area (Å²) in [4.78, 5) is 12.3. The van der Waals surface area contributed by atoms with Gasteiger partial charge in [0.25, 0.3) is 5.91 Å². The molecule has 0 bridgehead atoms. The van der Waals surface area contributed by atoms with E-state index in [2.05, 4.69) is 5.32 Å². The van der Waals surface area contributed by atoms with Gasteiger partial charge < -0.3 is 15.8 Å². The highest BCUT2D eigenvalue weighted by molar-refractivity contribution is 6.07. The first-order chi connectivity index (χ1) is 9.63. The average Bonchev–Trinajstić information content (AvgIpc) is 2.89. The van der Waals surface area contributed by atoms with E-state index in [1.165, 1.54) is 0 Å². The lowest BCUT2D eigenvalue weighted by atomic mass is 10.1. The first-order valence-electron chi connectivity index (χ1n) is 6.57. The first-order valence-corrected chi connectivity index (χ1v) is 6.57. The van der Waals surface area contributed by atoms with Gasteiger partial charge in [-0.2, -0.15) is 0 Å². The van der Waals surface area contributed by atoms with Crippen molar-refractivity contribution in [2.45, 2.75) is 13.3 Å². The summed E-state index contributed by atoms with van der Waals surface area (Å²) in [5, 5.41) is 2.88. The number of aryl methyl sites for hydroxylation is 1. The fraction of sp³-hybridized carbons (Fsp3) is 0.188. The summed E-state index contributed by atoms with van der Waals surface area (Å²) >= 11 is 0.